The maximum atomic E-state index is 12.6. The molecule has 0 radical (unpaired) electrons. The third-order valence-corrected chi connectivity index (χ3v) is 5.60. The van der Waals surface area contributed by atoms with Crippen LogP contribution in [0.25, 0.3) is 0 Å². The fraction of sp³-hybridized carbons (Fsp3) is 0.0500. The summed E-state index contributed by atoms with van der Waals surface area (Å²) < 4.78 is 33.2. The Morgan fingerprint density at radius 1 is 1.00 bits per heavy atom. The fourth-order valence-corrected chi connectivity index (χ4v) is 3.75. The lowest BCUT2D eigenvalue weighted by molar-refractivity contribution is 0.0698. The van der Waals surface area contributed by atoms with Crippen LogP contribution < -0.4 is 15.2 Å². The first-order chi connectivity index (χ1) is 13.8. The normalized spacial score (nSPS) is 11.1. The molecule has 0 saturated carbocycles. The first-order valence-corrected chi connectivity index (χ1v) is 10.3. The van der Waals surface area contributed by atoms with E-state index in [1.54, 1.807) is 12.1 Å². The molecule has 150 valence electrons. The molecule has 3 aromatic rings. The van der Waals surface area contributed by atoms with Gasteiger partial charge in [-0.3, -0.25) is 4.72 Å². The molecule has 3 rings (SSSR count). The van der Waals surface area contributed by atoms with Gasteiger partial charge in [-0.05, 0) is 60.2 Å². The number of carboxylic acids is 1. The van der Waals surface area contributed by atoms with Crippen LogP contribution in [0.4, 0.5) is 5.69 Å². The lowest BCUT2D eigenvalue weighted by Crippen LogP contribution is -2.15. The van der Waals surface area contributed by atoms with Crippen LogP contribution in [0.1, 0.15) is 15.9 Å². The van der Waals surface area contributed by atoms with E-state index in [1.165, 1.54) is 42.5 Å². The predicted molar refractivity (Wildman–Crippen MR) is 110 cm³/mol. The Kier molecular flexibility index (Phi) is 6.07. The molecule has 7 nitrogen and oxygen atoms in total. The van der Waals surface area contributed by atoms with Gasteiger partial charge in [0.05, 0.1) is 16.1 Å². The lowest BCUT2D eigenvalue weighted by Gasteiger charge is -2.12. The Labute approximate surface area is 172 Å². The van der Waals surface area contributed by atoms with E-state index in [-0.39, 0.29) is 21.2 Å². The minimum Gasteiger partial charge on any atom is -0.478 e. The zero-order valence-corrected chi connectivity index (χ0v) is 16.6. The summed E-state index contributed by atoms with van der Waals surface area (Å²) in [5.74, 6) is -0.264. The summed E-state index contributed by atoms with van der Waals surface area (Å²) in [6.45, 7) is 0.428. The van der Waals surface area contributed by atoms with Crippen LogP contribution in [0.2, 0.25) is 5.02 Å². The van der Waals surface area contributed by atoms with Gasteiger partial charge in [-0.15, -0.1) is 0 Å². The average molecular weight is 433 g/mol. The Hall–Kier alpha value is -3.07. The molecular formula is C20H17ClN2O5S. The van der Waals surface area contributed by atoms with Gasteiger partial charge >= 0.3 is 5.97 Å². The molecule has 0 amide bonds. The first kappa shape index (κ1) is 20.7. The summed E-state index contributed by atoms with van der Waals surface area (Å²) in [7, 11) is -4.01. The molecular weight excluding hydrogens is 416 g/mol. The van der Waals surface area contributed by atoms with Crippen LogP contribution in [-0.4, -0.2) is 19.5 Å². The number of halogens is 1. The average Bonchev–Trinajstić information content (AvgIpc) is 2.70. The fourth-order valence-electron chi connectivity index (χ4n) is 2.50. The van der Waals surface area contributed by atoms with Gasteiger partial charge in [-0.2, -0.15) is 0 Å². The Morgan fingerprint density at radius 3 is 2.14 bits per heavy atom. The van der Waals surface area contributed by atoms with Crippen molar-refractivity contribution in [3.8, 4) is 11.5 Å². The Balaban J connectivity index is 1.79. The highest BCUT2D eigenvalue weighted by atomic mass is 35.5. The number of rotatable bonds is 7. The largest absolute Gasteiger partial charge is 0.478 e. The molecule has 4 N–H and O–H groups in total. The molecule has 0 spiro atoms. The molecule has 0 bridgehead atoms. The number of hydrogen-bond acceptors (Lipinski definition) is 5. The van der Waals surface area contributed by atoms with Crippen LogP contribution in [-0.2, 0) is 16.6 Å². The quantitative estimate of drug-likeness (QED) is 0.517. The molecule has 0 fully saturated rings. The number of benzene rings is 3. The molecule has 0 aliphatic rings. The van der Waals surface area contributed by atoms with E-state index < -0.39 is 16.0 Å². The maximum absolute atomic E-state index is 12.6. The van der Waals surface area contributed by atoms with E-state index in [4.69, 9.17) is 22.1 Å². The van der Waals surface area contributed by atoms with Crippen molar-refractivity contribution in [1.82, 2.24) is 0 Å². The van der Waals surface area contributed by atoms with Gasteiger partial charge in [0.2, 0.25) is 0 Å². The molecule has 29 heavy (non-hydrogen) atoms. The Morgan fingerprint density at radius 2 is 1.59 bits per heavy atom. The molecule has 0 saturated heterocycles. The Bertz CT molecular complexity index is 1130. The molecule has 0 heterocycles. The summed E-state index contributed by atoms with van der Waals surface area (Å²) in [5.41, 5.74) is 6.19. The summed E-state index contributed by atoms with van der Waals surface area (Å²) in [6, 6.07) is 16.8. The van der Waals surface area contributed by atoms with Crippen molar-refractivity contribution in [2.45, 2.75) is 11.4 Å². The van der Waals surface area contributed by atoms with Crippen LogP contribution in [0.3, 0.4) is 0 Å². The van der Waals surface area contributed by atoms with Gasteiger partial charge in [0.25, 0.3) is 10.0 Å². The predicted octanol–water partition coefficient (Wildman–Crippen LogP) is 4.09. The number of aromatic carboxylic acids is 1. The summed E-state index contributed by atoms with van der Waals surface area (Å²) in [5, 5.41) is 9.44. The van der Waals surface area contributed by atoms with Crippen LogP contribution in [0, 0.1) is 0 Å². The van der Waals surface area contributed by atoms with Gasteiger partial charge < -0.3 is 15.6 Å². The van der Waals surface area contributed by atoms with Crippen LogP contribution in [0.5, 0.6) is 11.5 Å². The second-order valence-electron chi connectivity index (χ2n) is 6.02. The van der Waals surface area contributed by atoms with E-state index in [9.17, 15) is 18.3 Å². The number of anilines is 1. The van der Waals surface area contributed by atoms with Crippen LogP contribution in [0.15, 0.2) is 71.6 Å². The SMILES string of the molecule is NCc1ccc(Oc2ccc(S(=O)(=O)Nc3ccc(Cl)cc3C(=O)O)cc2)cc1. The van der Waals surface area contributed by atoms with Crippen molar-refractivity contribution in [3.05, 3.63) is 82.9 Å². The van der Waals surface area contributed by atoms with Gasteiger partial charge in [-0.1, -0.05) is 23.7 Å². The van der Waals surface area contributed by atoms with E-state index in [0.717, 1.165) is 5.56 Å². The minimum atomic E-state index is -4.01. The van der Waals surface area contributed by atoms with Crippen molar-refractivity contribution in [1.29, 1.82) is 0 Å². The topological polar surface area (TPSA) is 119 Å². The smallest absolute Gasteiger partial charge is 0.337 e. The lowest BCUT2D eigenvalue weighted by atomic mass is 10.2. The third-order valence-electron chi connectivity index (χ3n) is 3.99. The van der Waals surface area contributed by atoms with Crippen molar-refractivity contribution in [2.75, 3.05) is 4.72 Å². The second-order valence-corrected chi connectivity index (χ2v) is 8.14. The number of nitrogens with two attached hydrogens (primary N) is 1. The van der Waals surface area contributed by atoms with E-state index in [1.807, 2.05) is 12.1 Å². The first-order valence-electron chi connectivity index (χ1n) is 8.41. The minimum absolute atomic E-state index is 0.0466. The summed E-state index contributed by atoms with van der Waals surface area (Å²) in [6.07, 6.45) is 0. The number of carbonyl (C=O) groups is 1. The molecule has 9 heteroatoms. The molecule has 0 aromatic heterocycles. The highest BCUT2D eigenvalue weighted by Gasteiger charge is 2.19. The zero-order valence-electron chi connectivity index (χ0n) is 15.0. The van der Waals surface area contributed by atoms with Crippen molar-refractivity contribution < 1.29 is 23.1 Å². The van der Waals surface area contributed by atoms with E-state index >= 15 is 0 Å². The summed E-state index contributed by atoms with van der Waals surface area (Å²) in [4.78, 5) is 11.3. The van der Waals surface area contributed by atoms with E-state index in [2.05, 4.69) is 4.72 Å². The number of carboxylic acid groups (broad SMARTS) is 1. The van der Waals surface area contributed by atoms with Crippen molar-refractivity contribution >= 4 is 33.3 Å². The van der Waals surface area contributed by atoms with E-state index in [0.29, 0.717) is 18.0 Å². The van der Waals surface area contributed by atoms with Gasteiger partial charge in [-0.25, -0.2) is 13.2 Å². The van der Waals surface area contributed by atoms with Gasteiger partial charge in [0.1, 0.15) is 11.5 Å². The van der Waals surface area contributed by atoms with Crippen molar-refractivity contribution in [2.24, 2.45) is 5.73 Å². The zero-order chi connectivity index (χ0) is 21.0. The molecule has 0 aliphatic carbocycles. The molecule has 0 unspecified atom stereocenters. The summed E-state index contributed by atoms with van der Waals surface area (Å²) >= 11 is 5.79. The highest BCUT2D eigenvalue weighted by Crippen LogP contribution is 2.26. The standard InChI is InChI=1S/C20H17ClN2O5S/c21-14-3-10-19(18(11-14)20(24)25)23-29(26,27)17-8-6-16(7-9-17)28-15-4-1-13(12-22)2-5-15/h1-11,23H,12,22H2,(H,24,25). The van der Waals surface area contributed by atoms with Crippen LogP contribution >= 0.6 is 11.6 Å². The van der Waals surface area contributed by atoms with Gasteiger partial charge in [0, 0.05) is 11.6 Å². The third kappa shape index (κ3) is 5.05. The number of nitrogens with one attached hydrogen (secondary N) is 1. The molecule has 0 atom stereocenters. The second kappa shape index (κ2) is 8.52. The molecule has 3 aromatic carbocycles. The maximum Gasteiger partial charge on any atom is 0.337 e. The number of ether oxygens (including phenoxy) is 1. The number of hydrogen-bond donors (Lipinski definition) is 3. The molecule has 0 aliphatic heterocycles. The number of sulfonamides is 1. The highest BCUT2D eigenvalue weighted by molar-refractivity contribution is 7.92. The van der Waals surface area contributed by atoms with Crippen molar-refractivity contribution in [3.63, 3.8) is 0 Å². The van der Waals surface area contributed by atoms with Gasteiger partial charge in [0.15, 0.2) is 0 Å². The monoisotopic (exact) mass is 432 g/mol.